The predicted molar refractivity (Wildman–Crippen MR) is 31.5 cm³/mol. The highest BCUT2D eigenvalue weighted by molar-refractivity contribution is 6.16. The summed E-state index contributed by atoms with van der Waals surface area (Å²) in [6, 6.07) is 2.72. The van der Waals surface area contributed by atoms with Crippen LogP contribution in [0.25, 0.3) is 0 Å². The number of aromatic nitrogens is 2. The predicted octanol–water partition coefficient (Wildman–Crippen LogP) is 1.35. The smallest absolute Gasteiger partial charge is 0.183 e. The number of hydrogen-bond donors (Lipinski definition) is 0. The van der Waals surface area contributed by atoms with Crippen molar-refractivity contribution in [2.75, 3.05) is 0 Å². The van der Waals surface area contributed by atoms with E-state index < -0.39 is 5.95 Å². The Morgan fingerprint density at radius 2 is 2.22 bits per heavy atom. The van der Waals surface area contributed by atoms with Crippen molar-refractivity contribution in [1.29, 1.82) is 0 Å². The lowest BCUT2D eigenvalue weighted by atomic mass is 10.4. The quantitative estimate of drug-likeness (QED) is 0.559. The maximum absolute atomic E-state index is 12.0. The van der Waals surface area contributed by atoms with Crippen molar-refractivity contribution in [3.63, 3.8) is 0 Å². The van der Waals surface area contributed by atoms with E-state index >= 15 is 0 Å². The van der Waals surface area contributed by atoms with Gasteiger partial charge in [0.1, 0.15) is 0 Å². The molecule has 1 heterocycles. The Hall–Kier alpha value is -0.700. The molecule has 1 aromatic rings. The Balaban J connectivity index is 2.88. The van der Waals surface area contributed by atoms with Crippen molar-refractivity contribution < 1.29 is 4.39 Å². The van der Waals surface area contributed by atoms with E-state index in [1.165, 1.54) is 12.1 Å². The zero-order valence-electron chi connectivity index (χ0n) is 4.51. The minimum atomic E-state index is -0.580. The first-order valence-corrected chi connectivity index (χ1v) is 2.90. The van der Waals surface area contributed by atoms with E-state index in [0.717, 1.165) is 0 Å². The fourth-order valence-corrected chi connectivity index (χ4v) is 0.557. The lowest BCUT2D eigenvalue weighted by Gasteiger charge is -1.88. The lowest BCUT2D eigenvalue weighted by molar-refractivity contribution is 0.560. The van der Waals surface area contributed by atoms with Crippen LogP contribution in [-0.2, 0) is 5.88 Å². The molecule has 4 heteroatoms. The molecule has 0 radical (unpaired) electrons. The molecule has 0 saturated heterocycles. The van der Waals surface area contributed by atoms with E-state index in [1.807, 2.05) is 0 Å². The van der Waals surface area contributed by atoms with Crippen LogP contribution in [0.4, 0.5) is 4.39 Å². The highest BCUT2D eigenvalue weighted by Gasteiger charge is 1.92. The highest BCUT2D eigenvalue weighted by Crippen LogP contribution is 1.97. The maximum atomic E-state index is 12.0. The van der Waals surface area contributed by atoms with Gasteiger partial charge in [0.25, 0.3) is 0 Å². The minimum absolute atomic E-state index is 0.271. The second-order valence-electron chi connectivity index (χ2n) is 1.48. The van der Waals surface area contributed by atoms with Gasteiger partial charge in [0, 0.05) is 0 Å². The molecule has 0 amide bonds. The zero-order chi connectivity index (χ0) is 6.69. The van der Waals surface area contributed by atoms with Crippen molar-refractivity contribution in [1.82, 2.24) is 10.2 Å². The van der Waals surface area contributed by atoms with Crippen LogP contribution in [0.2, 0.25) is 0 Å². The van der Waals surface area contributed by atoms with Gasteiger partial charge in [-0.05, 0) is 12.1 Å². The van der Waals surface area contributed by atoms with Gasteiger partial charge in [-0.3, -0.25) is 0 Å². The van der Waals surface area contributed by atoms with Gasteiger partial charge in [0.05, 0.1) is 11.6 Å². The fourth-order valence-electron chi connectivity index (χ4n) is 0.415. The molecule has 0 aromatic carbocycles. The molecule has 9 heavy (non-hydrogen) atoms. The van der Waals surface area contributed by atoms with Crippen LogP contribution in [0.5, 0.6) is 0 Å². The number of nitrogens with zero attached hydrogens (tertiary/aromatic N) is 2. The number of hydrogen-bond acceptors (Lipinski definition) is 2. The molecule has 1 aromatic heterocycles. The first-order valence-electron chi connectivity index (χ1n) is 2.37. The summed E-state index contributed by atoms with van der Waals surface area (Å²) >= 11 is 5.35. The van der Waals surface area contributed by atoms with Crippen LogP contribution in [0.15, 0.2) is 12.1 Å². The van der Waals surface area contributed by atoms with Crippen molar-refractivity contribution in [3.8, 4) is 0 Å². The highest BCUT2D eigenvalue weighted by atomic mass is 35.5. The van der Waals surface area contributed by atoms with Gasteiger partial charge < -0.3 is 0 Å². The third-order valence-corrected chi connectivity index (χ3v) is 1.10. The first-order chi connectivity index (χ1) is 4.33. The third-order valence-electron chi connectivity index (χ3n) is 0.824. The number of halogens is 2. The fraction of sp³-hybridized carbons (Fsp3) is 0.200. The summed E-state index contributed by atoms with van der Waals surface area (Å²) in [6.45, 7) is 0. The molecule has 0 N–H and O–H groups in total. The normalized spacial score (nSPS) is 9.56. The summed E-state index contributed by atoms with van der Waals surface area (Å²) < 4.78 is 12.0. The topological polar surface area (TPSA) is 25.8 Å². The Labute approximate surface area is 56.7 Å². The van der Waals surface area contributed by atoms with Gasteiger partial charge in [-0.15, -0.1) is 16.7 Å². The van der Waals surface area contributed by atoms with E-state index in [4.69, 9.17) is 11.6 Å². The minimum Gasteiger partial charge on any atom is -0.183 e. The Morgan fingerprint density at radius 3 is 2.67 bits per heavy atom. The Kier molecular flexibility index (Phi) is 1.95. The Bertz CT molecular complexity index is 187. The lowest BCUT2D eigenvalue weighted by Crippen LogP contribution is -1.90. The van der Waals surface area contributed by atoms with E-state index in [2.05, 4.69) is 10.2 Å². The molecule has 0 unspecified atom stereocenters. The van der Waals surface area contributed by atoms with Gasteiger partial charge >= 0.3 is 0 Å². The van der Waals surface area contributed by atoms with Crippen molar-refractivity contribution in [2.45, 2.75) is 5.88 Å². The van der Waals surface area contributed by atoms with E-state index in [1.54, 1.807) is 0 Å². The standard InChI is InChI=1S/C5H4ClFN2/c6-3-4-1-2-5(7)9-8-4/h1-2H,3H2. The SMILES string of the molecule is Fc1ccc(CCl)nn1. The summed E-state index contributed by atoms with van der Waals surface area (Å²) in [5.41, 5.74) is 0.582. The summed E-state index contributed by atoms with van der Waals surface area (Å²) in [5.74, 6) is -0.309. The summed E-state index contributed by atoms with van der Waals surface area (Å²) in [4.78, 5) is 0. The molecule has 0 aliphatic carbocycles. The molecule has 1 rings (SSSR count). The van der Waals surface area contributed by atoms with Gasteiger partial charge in [0.15, 0.2) is 0 Å². The van der Waals surface area contributed by atoms with Crippen molar-refractivity contribution in [3.05, 3.63) is 23.8 Å². The molecule has 0 aliphatic heterocycles. The van der Waals surface area contributed by atoms with Crippen LogP contribution in [-0.4, -0.2) is 10.2 Å². The van der Waals surface area contributed by atoms with Crippen LogP contribution in [0.3, 0.4) is 0 Å². The van der Waals surface area contributed by atoms with Gasteiger partial charge in [0.2, 0.25) is 5.95 Å². The monoisotopic (exact) mass is 146 g/mol. The van der Waals surface area contributed by atoms with Gasteiger partial charge in [-0.25, -0.2) is 0 Å². The number of alkyl halides is 1. The van der Waals surface area contributed by atoms with Crippen LogP contribution >= 0.6 is 11.6 Å². The first kappa shape index (κ1) is 6.42. The largest absolute Gasteiger partial charge is 0.233 e. The molecule has 0 spiro atoms. The molecule has 0 aliphatic rings. The molecule has 0 fully saturated rings. The molecule has 0 atom stereocenters. The van der Waals surface area contributed by atoms with Crippen LogP contribution in [0, 0.1) is 5.95 Å². The second kappa shape index (κ2) is 2.73. The second-order valence-corrected chi connectivity index (χ2v) is 1.75. The van der Waals surface area contributed by atoms with Crippen LogP contribution < -0.4 is 0 Å². The summed E-state index contributed by atoms with van der Waals surface area (Å²) in [7, 11) is 0. The molecular formula is C5H4ClFN2. The summed E-state index contributed by atoms with van der Waals surface area (Å²) in [5, 5.41) is 6.59. The van der Waals surface area contributed by atoms with E-state index in [9.17, 15) is 4.39 Å². The van der Waals surface area contributed by atoms with E-state index in [-0.39, 0.29) is 5.88 Å². The maximum Gasteiger partial charge on any atom is 0.233 e. The molecule has 48 valence electrons. The Morgan fingerprint density at radius 1 is 1.44 bits per heavy atom. The van der Waals surface area contributed by atoms with Crippen molar-refractivity contribution in [2.24, 2.45) is 0 Å². The molecular weight excluding hydrogens is 143 g/mol. The zero-order valence-corrected chi connectivity index (χ0v) is 5.27. The van der Waals surface area contributed by atoms with Gasteiger partial charge in [-0.2, -0.15) is 9.49 Å². The van der Waals surface area contributed by atoms with Gasteiger partial charge in [-0.1, -0.05) is 0 Å². The number of rotatable bonds is 1. The average Bonchev–Trinajstić information content (AvgIpc) is 1.90. The molecule has 2 nitrogen and oxygen atoms in total. The molecule has 0 saturated carbocycles. The van der Waals surface area contributed by atoms with E-state index in [0.29, 0.717) is 5.69 Å². The average molecular weight is 147 g/mol. The molecule has 0 bridgehead atoms. The van der Waals surface area contributed by atoms with Crippen LogP contribution in [0.1, 0.15) is 5.69 Å². The summed E-state index contributed by atoms with van der Waals surface area (Å²) in [6.07, 6.45) is 0. The van der Waals surface area contributed by atoms with Crippen molar-refractivity contribution >= 4 is 11.6 Å². The third kappa shape index (κ3) is 1.61.